The molecule has 1 heterocycles. The molecule has 1 fully saturated rings. The van der Waals surface area contributed by atoms with Crippen LogP contribution in [0.1, 0.15) is 33.1 Å². The first-order valence-electron chi connectivity index (χ1n) is 5.45. The van der Waals surface area contributed by atoms with Crippen LogP contribution in [0.25, 0.3) is 0 Å². The summed E-state index contributed by atoms with van der Waals surface area (Å²) in [4.78, 5) is 2.53. The molecule has 0 aromatic heterocycles. The molecular formula is C10H24N2O2Y2. The Hall–Kier alpha value is 2.05. The van der Waals surface area contributed by atoms with Crippen LogP contribution in [-0.4, -0.2) is 52.9 Å². The van der Waals surface area contributed by atoms with Crippen molar-refractivity contribution in [1.82, 2.24) is 9.96 Å². The quantitative estimate of drug-likeness (QED) is 0.781. The Bertz CT molecular complexity index is 145. The van der Waals surface area contributed by atoms with Crippen LogP contribution in [0.5, 0.6) is 0 Å². The monoisotopic (exact) mass is 382 g/mol. The van der Waals surface area contributed by atoms with E-state index in [9.17, 15) is 5.21 Å². The zero-order chi connectivity index (χ0) is 9.68. The second-order valence-corrected chi connectivity index (χ2v) is 3.81. The molecule has 1 aliphatic heterocycles. The fourth-order valence-corrected chi connectivity index (χ4v) is 2.10. The van der Waals surface area contributed by atoms with Gasteiger partial charge in [-0.25, -0.2) is 0 Å². The van der Waals surface area contributed by atoms with E-state index in [0.717, 1.165) is 32.5 Å². The van der Waals surface area contributed by atoms with Gasteiger partial charge in [-0.3, -0.25) is 0 Å². The summed E-state index contributed by atoms with van der Waals surface area (Å²) in [5.74, 6) is 0. The van der Waals surface area contributed by atoms with E-state index in [0.29, 0.717) is 6.04 Å². The summed E-state index contributed by atoms with van der Waals surface area (Å²) in [6.07, 6.45) is 3.46. The molecule has 16 heavy (non-hydrogen) atoms. The Morgan fingerprint density at radius 3 is 2.06 bits per heavy atom. The average Bonchev–Trinajstić information content (AvgIpc) is 2.16. The Balaban J connectivity index is -0.000000563. The summed E-state index contributed by atoms with van der Waals surface area (Å²) in [6.45, 7) is 8.47. The van der Waals surface area contributed by atoms with Crippen LogP contribution in [0, 0.1) is 0 Å². The second-order valence-electron chi connectivity index (χ2n) is 3.81. The van der Waals surface area contributed by atoms with Gasteiger partial charge < -0.3 is 15.6 Å². The molecule has 6 heteroatoms. The standard InChI is InChI=1S/C10H22N2O.H2O.2Y/c1-3-7-11(4-2)10-5-8-12(13)9-6-10;;;/h10,13H,3-9H2,1-2H3;1H2;;. The maximum Gasteiger partial charge on any atom is 0.0253 e. The molecule has 1 rings (SSSR count). The summed E-state index contributed by atoms with van der Waals surface area (Å²) < 4.78 is 0. The van der Waals surface area contributed by atoms with Gasteiger partial charge in [0.1, 0.15) is 0 Å². The van der Waals surface area contributed by atoms with E-state index in [1.54, 1.807) is 0 Å². The second kappa shape index (κ2) is 13.5. The first-order valence-corrected chi connectivity index (χ1v) is 5.45. The minimum Gasteiger partial charge on any atom is -0.412 e. The number of hydrogen-bond donors (Lipinski definition) is 1. The van der Waals surface area contributed by atoms with Crippen molar-refractivity contribution in [3.8, 4) is 0 Å². The number of hydrogen-bond acceptors (Lipinski definition) is 3. The van der Waals surface area contributed by atoms with Crippen LogP contribution in [0.15, 0.2) is 0 Å². The summed E-state index contributed by atoms with van der Waals surface area (Å²) in [5, 5.41) is 10.7. The van der Waals surface area contributed by atoms with E-state index >= 15 is 0 Å². The number of rotatable bonds is 4. The summed E-state index contributed by atoms with van der Waals surface area (Å²) >= 11 is 0. The van der Waals surface area contributed by atoms with Crippen molar-refractivity contribution in [3.05, 3.63) is 0 Å². The molecule has 2 radical (unpaired) electrons. The zero-order valence-electron chi connectivity index (χ0n) is 10.5. The molecule has 4 nitrogen and oxygen atoms in total. The van der Waals surface area contributed by atoms with Gasteiger partial charge in [0.15, 0.2) is 0 Å². The SMILES string of the molecule is CCCN(CC)C1CCN(O)CC1.O.[Y].[Y]. The van der Waals surface area contributed by atoms with Gasteiger partial charge in [0.05, 0.1) is 0 Å². The van der Waals surface area contributed by atoms with E-state index < -0.39 is 0 Å². The van der Waals surface area contributed by atoms with Crippen LogP contribution in [-0.2, 0) is 65.4 Å². The zero-order valence-corrected chi connectivity index (χ0v) is 16.2. The number of hydroxylamine groups is 2. The van der Waals surface area contributed by atoms with Crippen molar-refractivity contribution in [3.63, 3.8) is 0 Å². The van der Waals surface area contributed by atoms with Gasteiger partial charge in [0.25, 0.3) is 0 Å². The summed E-state index contributed by atoms with van der Waals surface area (Å²) in [6, 6.07) is 0.702. The van der Waals surface area contributed by atoms with Crippen molar-refractivity contribution >= 4 is 0 Å². The first-order chi connectivity index (χ1) is 6.27. The topological polar surface area (TPSA) is 58.2 Å². The summed E-state index contributed by atoms with van der Waals surface area (Å²) in [5.41, 5.74) is 0. The van der Waals surface area contributed by atoms with E-state index in [2.05, 4.69) is 18.7 Å². The Morgan fingerprint density at radius 2 is 1.69 bits per heavy atom. The van der Waals surface area contributed by atoms with Gasteiger partial charge in [-0.15, -0.1) is 0 Å². The molecule has 0 amide bonds. The molecule has 0 saturated carbocycles. The van der Waals surface area contributed by atoms with Gasteiger partial charge in [-0.05, 0) is 32.4 Å². The fourth-order valence-electron chi connectivity index (χ4n) is 2.10. The van der Waals surface area contributed by atoms with E-state index in [1.165, 1.54) is 18.0 Å². The fraction of sp³-hybridized carbons (Fsp3) is 1.00. The molecule has 1 saturated heterocycles. The van der Waals surface area contributed by atoms with Crippen molar-refractivity contribution in [1.29, 1.82) is 0 Å². The molecule has 1 aliphatic rings. The predicted octanol–water partition coefficient (Wildman–Crippen LogP) is 0.742. The molecule has 0 aromatic rings. The maximum atomic E-state index is 9.23. The molecule has 92 valence electrons. The van der Waals surface area contributed by atoms with Gasteiger partial charge in [0.2, 0.25) is 0 Å². The van der Waals surface area contributed by atoms with Crippen molar-refractivity contribution in [2.75, 3.05) is 26.2 Å². The minimum atomic E-state index is 0. The van der Waals surface area contributed by atoms with Crippen LogP contribution >= 0.6 is 0 Å². The third kappa shape index (κ3) is 8.20. The first kappa shape index (κ1) is 23.2. The number of piperidine rings is 1. The molecule has 0 spiro atoms. The minimum absolute atomic E-state index is 0. The normalized spacial score (nSPS) is 17.2. The van der Waals surface area contributed by atoms with Crippen molar-refractivity contribution in [2.45, 2.75) is 39.2 Å². The van der Waals surface area contributed by atoms with E-state index in [1.807, 2.05) is 0 Å². The van der Waals surface area contributed by atoms with Gasteiger partial charge in [-0.2, -0.15) is 5.06 Å². The molecule has 0 aliphatic carbocycles. The van der Waals surface area contributed by atoms with Crippen molar-refractivity contribution < 1.29 is 76.1 Å². The van der Waals surface area contributed by atoms with Crippen LogP contribution in [0.3, 0.4) is 0 Å². The van der Waals surface area contributed by atoms with E-state index in [-0.39, 0.29) is 70.9 Å². The Morgan fingerprint density at radius 1 is 1.19 bits per heavy atom. The third-order valence-electron chi connectivity index (χ3n) is 2.87. The largest absolute Gasteiger partial charge is 0.412 e. The average molecular weight is 382 g/mol. The molecule has 0 unspecified atom stereocenters. The molecule has 3 N–H and O–H groups in total. The molecule has 0 aromatic carbocycles. The van der Waals surface area contributed by atoms with Gasteiger partial charge >= 0.3 is 0 Å². The number of nitrogens with zero attached hydrogens (tertiary/aromatic N) is 2. The van der Waals surface area contributed by atoms with Crippen LogP contribution < -0.4 is 0 Å². The van der Waals surface area contributed by atoms with Gasteiger partial charge in [-0.1, -0.05) is 13.8 Å². The molecule has 0 bridgehead atoms. The smallest absolute Gasteiger partial charge is 0.0253 e. The predicted molar refractivity (Wildman–Crippen MR) is 57.5 cm³/mol. The van der Waals surface area contributed by atoms with Crippen LogP contribution in [0.4, 0.5) is 0 Å². The molecule has 0 atom stereocenters. The Kier molecular flexibility index (Phi) is 19.5. The Labute approximate surface area is 150 Å². The van der Waals surface area contributed by atoms with Crippen LogP contribution in [0.2, 0.25) is 0 Å². The maximum absolute atomic E-state index is 9.23. The molecular weight excluding hydrogens is 358 g/mol. The third-order valence-corrected chi connectivity index (χ3v) is 2.87. The van der Waals surface area contributed by atoms with E-state index in [4.69, 9.17) is 0 Å². The van der Waals surface area contributed by atoms with Crippen molar-refractivity contribution in [2.24, 2.45) is 0 Å². The van der Waals surface area contributed by atoms with Gasteiger partial charge in [0, 0.05) is 84.5 Å². The summed E-state index contributed by atoms with van der Waals surface area (Å²) in [7, 11) is 0.